The fourth-order valence-corrected chi connectivity index (χ4v) is 3.02. The van der Waals surface area contributed by atoms with Gasteiger partial charge in [0.05, 0.1) is 4.90 Å². The van der Waals surface area contributed by atoms with Gasteiger partial charge in [-0.25, -0.2) is 13.1 Å². The lowest BCUT2D eigenvalue weighted by molar-refractivity contribution is 0.0998. The van der Waals surface area contributed by atoms with Crippen molar-refractivity contribution >= 4 is 27.5 Å². The third kappa shape index (κ3) is 4.18. The van der Waals surface area contributed by atoms with Crippen LogP contribution in [-0.4, -0.2) is 26.8 Å². The second-order valence-electron chi connectivity index (χ2n) is 4.92. The molecule has 126 valence electrons. The highest BCUT2D eigenvalue weighted by atomic mass is 32.2. The molecule has 0 aliphatic rings. The molecule has 7 nitrogen and oxygen atoms in total. The lowest BCUT2D eigenvalue weighted by Gasteiger charge is -2.07. The van der Waals surface area contributed by atoms with Crippen molar-refractivity contribution in [3.05, 3.63) is 59.7 Å². The van der Waals surface area contributed by atoms with E-state index in [0.29, 0.717) is 16.8 Å². The molecule has 0 aromatic heterocycles. The molecule has 2 aromatic rings. The smallest absolute Gasteiger partial charge is 0.255 e. The molecule has 0 saturated carbocycles. The minimum Gasteiger partial charge on any atom is -0.366 e. The Morgan fingerprint density at radius 1 is 0.958 bits per heavy atom. The number of rotatable bonds is 6. The lowest BCUT2D eigenvalue weighted by Crippen LogP contribution is -2.23. The van der Waals surface area contributed by atoms with Crippen molar-refractivity contribution in [3.8, 4) is 0 Å². The average molecular weight is 347 g/mol. The molecular weight excluding hydrogens is 330 g/mol. The van der Waals surface area contributed by atoms with E-state index in [4.69, 9.17) is 5.73 Å². The highest BCUT2D eigenvalue weighted by molar-refractivity contribution is 7.89. The van der Waals surface area contributed by atoms with Crippen LogP contribution in [0.3, 0.4) is 0 Å². The van der Waals surface area contributed by atoms with Gasteiger partial charge in [0.1, 0.15) is 0 Å². The van der Waals surface area contributed by atoms with Crippen molar-refractivity contribution in [3.63, 3.8) is 0 Å². The van der Waals surface area contributed by atoms with Crippen LogP contribution in [-0.2, 0) is 10.0 Å². The Labute approximate surface area is 139 Å². The number of carbonyl (C=O) groups excluding carboxylic acids is 2. The molecule has 2 rings (SSSR count). The third-order valence-electron chi connectivity index (χ3n) is 3.19. The Morgan fingerprint density at radius 3 is 2.00 bits per heavy atom. The molecule has 0 unspecified atom stereocenters. The number of anilines is 1. The Balaban J connectivity index is 2.11. The van der Waals surface area contributed by atoms with E-state index >= 15 is 0 Å². The highest BCUT2D eigenvalue weighted by Crippen LogP contribution is 2.14. The van der Waals surface area contributed by atoms with E-state index in [0.717, 1.165) is 0 Å². The summed E-state index contributed by atoms with van der Waals surface area (Å²) >= 11 is 0. The molecule has 0 atom stereocenters. The summed E-state index contributed by atoms with van der Waals surface area (Å²) in [5, 5.41) is 2.65. The van der Waals surface area contributed by atoms with Gasteiger partial charge < -0.3 is 11.1 Å². The van der Waals surface area contributed by atoms with Gasteiger partial charge in [0.25, 0.3) is 5.91 Å². The fraction of sp³-hybridized carbons (Fsp3) is 0.125. The molecule has 0 heterocycles. The standard InChI is InChI=1S/C16H17N3O4S/c1-2-18-24(22,23)14-9-5-12(6-10-14)16(21)19-13-7-3-11(4-8-13)15(17)20/h3-10,18H,2H2,1H3,(H2,17,20)(H,19,21). The molecule has 0 fully saturated rings. The predicted octanol–water partition coefficient (Wildman–Crippen LogP) is 1.34. The Kier molecular flexibility index (Phi) is 5.32. The first-order chi connectivity index (χ1) is 11.3. The van der Waals surface area contributed by atoms with E-state index in [2.05, 4.69) is 10.0 Å². The van der Waals surface area contributed by atoms with Gasteiger partial charge in [-0.05, 0) is 48.5 Å². The Hall–Kier alpha value is -2.71. The maximum absolute atomic E-state index is 12.2. The molecule has 24 heavy (non-hydrogen) atoms. The highest BCUT2D eigenvalue weighted by Gasteiger charge is 2.13. The summed E-state index contributed by atoms with van der Waals surface area (Å²) in [6.07, 6.45) is 0. The first kappa shape index (κ1) is 17.6. The minimum absolute atomic E-state index is 0.0895. The molecule has 0 bridgehead atoms. The van der Waals surface area contributed by atoms with E-state index in [9.17, 15) is 18.0 Å². The topological polar surface area (TPSA) is 118 Å². The molecule has 0 saturated heterocycles. The summed E-state index contributed by atoms with van der Waals surface area (Å²) in [6.45, 7) is 1.97. The molecule has 0 aliphatic heterocycles. The van der Waals surface area contributed by atoms with Crippen LogP contribution < -0.4 is 15.8 Å². The lowest BCUT2D eigenvalue weighted by atomic mass is 10.2. The van der Waals surface area contributed by atoms with Gasteiger partial charge in [-0.1, -0.05) is 6.92 Å². The van der Waals surface area contributed by atoms with Gasteiger partial charge in [-0.2, -0.15) is 0 Å². The third-order valence-corrected chi connectivity index (χ3v) is 4.75. The van der Waals surface area contributed by atoms with E-state index in [1.54, 1.807) is 19.1 Å². The van der Waals surface area contributed by atoms with Gasteiger partial charge in [0.2, 0.25) is 15.9 Å². The van der Waals surface area contributed by atoms with Crippen molar-refractivity contribution in [2.45, 2.75) is 11.8 Å². The second-order valence-corrected chi connectivity index (χ2v) is 6.69. The van der Waals surface area contributed by atoms with Crippen molar-refractivity contribution < 1.29 is 18.0 Å². The van der Waals surface area contributed by atoms with Crippen LogP contribution >= 0.6 is 0 Å². The molecule has 0 aliphatic carbocycles. The van der Waals surface area contributed by atoms with Gasteiger partial charge in [0.15, 0.2) is 0 Å². The number of benzene rings is 2. The van der Waals surface area contributed by atoms with Crippen LogP contribution in [0.4, 0.5) is 5.69 Å². The number of carbonyl (C=O) groups is 2. The number of sulfonamides is 1. The maximum Gasteiger partial charge on any atom is 0.255 e. The van der Waals surface area contributed by atoms with Crippen LogP contribution in [0.2, 0.25) is 0 Å². The van der Waals surface area contributed by atoms with Crippen molar-refractivity contribution in [2.75, 3.05) is 11.9 Å². The van der Waals surface area contributed by atoms with Gasteiger partial charge in [-0.3, -0.25) is 9.59 Å². The monoisotopic (exact) mass is 347 g/mol. The van der Waals surface area contributed by atoms with Gasteiger partial charge in [0, 0.05) is 23.4 Å². The minimum atomic E-state index is -3.55. The largest absolute Gasteiger partial charge is 0.366 e. The molecule has 0 radical (unpaired) electrons. The Bertz CT molecular complexity index is 844. The summed E-state index contributed by atoms with van der Waals surface area (Å²) in [5.41, 5.74) is 6.29. The van der Waals surface area contributed by atoms with Crippen molar-refractivity contribution in [1.29, 1.82) is 0 Å². The summed E-state index contributed by atoms with van der Waals surface area (Å²) in [4.78, 5) is 23.2. The molecule has 8 heteroatoms. The number of amides is 2. The predicted molar refractivity (Wildman–Crippen MR) is 90.2 cm³/mol. The van der Waals surface area contributed by atoms with Crippen LogP contribution in [0.5, 0.6) is 0 Å². The van der Waals surface area contributed by atoms with E-state index < -0.39 is 21.8 Å². The number of hydrogen-bond donors (Lipinski definition) is 3. The maximum atomic E-state index is 12.2. The normalized spacial score (nSPS) is 11.0. The second kappa shape index (κ2) is 7.24. The first-order valence-corrected chi connectivity index (χ1v) is 8.63. The SMILES string of the molecule is CCNS(=O)(=O)c1ccc(C(=O)Nc2ccc(C(N)=O)cc2)cc1. The fourth-order valence-electron chi connectivity index (χ4n) is 1.98. The van der Waals surface area contributed by atoms with Gasteiger partial charge in [-0.15, -0.1) is 0 Å². The number of nitrogens with one attached hydrogen (secondary N) is 2. The number of nitrogens with two attached hydrogens (primary N) is 1. The van der Waals surface area contributed by atoms with E-state index in [1.165, 1.54) is 36.4 Å². The molecule has 0 spiro atoms. The summed E-state index contributed by atoms with van der Waals surface area (Å²) in [7, 11) is -3.55. The molecule has 4 N–H and O–H groups in total. The molecule has 2 amide bonds. The van der Waals surface area contributed by atoms with Gasteiger partial charge >= 0.3 is 0 Å². The number of primary amides is 1. The summed E-state index contributed by atoms with van der Waals surface area (Å²) < 4.78 is 26.1. The quantitative estimate of drug-likeness (QED) is 0.730. The summed E-state index contributed by atoms with van der Waals surface area (Å²) in [6, 6.07) is 11.7. The van der Waals surface area contributed by atoms with Crippen LogP contribution in [0.25, 0.3) is 0 Å². The van der Waals surface area contributed by atoms with E-state index in [-0.39, 0.29) is 11.4 Å². The number of hydrogen-bond acceptors (Lipinski definition) is 4. The zero-order chi connectivity index (χ0) is 17.7. The van der Waals surface area contributed by atoms with Crippen molar-refractivity contribution in [2.24, 2.45) is 5.73 Å². The zero-order valence-corrected chi connectivity index (χ0v) is 13.8. The Morgan fingerprint density at radius 2 is 1.50 bits per heavy atom. The van der Waals surface area contributed by atoms with E-state index in [1.807, 2.05) is 0 Å². The van der Waals surface area contributed by atoms with Crippen LogP contribution in [0, 0.1) is 0 Å². The molecular formula is C16H17N3O4S. The van der Waals surface area contributed by atoms with Crippen LogP contribution in [0.15, 0.2) is 53.4 Å². The average Bonchev–Trinajstić information content (AvgIpc) is 2.55. The van der Waals surface area contributed by atoms with Crippen LogP contribution in [0.1, 0.15) is 27.6 Å². The molecule has 2 aromatic carbocycles. The van der Waals surface area contributed by atoms with Crippen molar-refractivity contribution in [1.82, 2.24) is 4.72 Å². The zero-order valence-electron chi connectivity index (χ0n) is 12.9. The summed E-state index contributed by atoms with van der Waals surface area (Å²) in [5.74, 6) is -0.945. The first-order valence-electron chi connectivity index (χ1n) is 7.14.